The zero-order chi connectivity index (χ0) is 26.1. The first-order chi connectivity index (χ1) is 18.6. The SMILES string of the molecule is COC1COCCC1NC1CCN(C(=O)c2ncnc(N3CCC4(C=Cc5ccccc54)CC3)c2C)CC1. The highest BCUT2D eigenvalue weighted by molar-refractivity contribution is 5.94. The van der Waals surface area contributed by atoms with E-state index in [2.05, 4.69) is 56.6 Å². The molecule has 2 unspecified atom stereocenters. The predicted molar refractivity (Wildman–Crippen MR) is 147 cm³/mol. The Bertz CT molecular complexity index is 1180. The number of nitrogens with one attached hydrogen (secondary N) is 1. The van der Waals surface area contributed by atoms with E-state index in [9.17, 15) is 4.79 Å². The molecule has 6 rings (SSSR count). The number of ether oxygens (including phenoxy) is 2. The summed E-state index contributed by atoms with van der Waals surface area (Å²) in [4.78, 5) is 26.9. The van der Waals surface area contributed by atoms with Crippen LogP contribution in [0, 0.1) is 6.92 Å². The first-order valence-electron chi connectivity index (χ1n) is 14.1. The van der Waals surface area contributed by atoms with E-state index >= 15 is 0 Å². The van der Waals surface area contributed by atoms with E-state index in [1.807, 2.05) is 11.8 Å². The zero-order valence-corrected chi connectivity index (χ0v) is 22.6. The smallest absolute Gasteiger partial charge is 0.272 e. The highest BCUT2D eigenvalue weighted by Crippen LogP contribution is 2.44. The summed E-state index contributed by atoms with van der Waals surface area (Å²) < 4.78 is 11.2. The largest absolute Gasteiger partial charge is 0.379 e. The lowest BCUT2D eigenvalue weighted by Crippen LogP contribution is -2.54. The van der Waals surface area contributed by atoms with Crippen LogP contribution in [0.15, 0.2) is 36.7 Å². The molecule has 2 aromatic rings. The molecule has 3 saturated heterocycles. The molecule has 4 heterocycles. The summed E-state index contributed by atoms with van der Waals surface area (Å²) in [5.74, 6) is 0.918. The predicted octanol–water partition coefficient (Wildman–Crippen LogP) is 3.35. The molecule has 1 aromatic heterocycles. The van der Waals surface area contributed by atoms with Crippen molar-refractivity contribution in [3.8, 4) is 0 Å². The number of hydrogen-bond donors (Lipinski definition) is 1. The van der Waals surface area contributed by atoms with E-state index in [4.69, 9.17) is 9.47 Å². The van der Waals surface area contributed by atoms with E-state index in [0.29, 0.717) is 24.4 Å². The fraction of sp³-hybridized carbons (Fsp3) is 0.567. The van der Waals surface area contributed by atoms with Crippen molar-refractivity contribution in [2.45, 2.75) is 62.6 Å². The fourth-order valence-electron chi connectivity index (χ4n) is 6.80. The van der Waals surface area contributed by atoms with Crippen LogP contribution in [0.3, 0.4) is 0 Å². The molecule has 1 spiro atoms. The average molecular weight is 518 g/mol. The van der Waals surface area contributed by atoms with Gasteiger partial charge < -0.3 is 24.6 Å². The summed E-state index contributed by atoms with van der Waals surface area (Å²) >= 11 is 0. The number of aromatic nitrogens is 2. The maximum absolute atomic E-state index is 13.5. The summed E-state index contributed by atoms with van der Waals surface area (Å²) in [6, 6.07) is 9.44. The molecule has 2 atom stereocenters. The highest BCUT2D eigenvalue weighted by Gasteiger charge is 2.39. The molecule has 1 N–H and O–H groups in total. The molecular weight excluding hydrogens is 478 g/mol. The third-order valence-electron chi connectivity index (χ3n) is 9.13. The standard InChI is InChI=1S/C30H39N5O3/c1-21-27(29(36)35-14-8-23(9-15-35)33-25-10-18-38-19-26(25)37-2)31-20-32-28(21)34-16-12-30(13-17-34)11-7-22-5-3-4-6-24(22)30/h3-7,11,20,23,25-26,33H,8-10,12-19H2,1-2H3. The number of anilines is 1. The van der Waals surface area contributed by atoms with Crippen LogP contribution in [-0.2, 0) is 14.9 Å². The second-order valence-corrected chi connectivity index (χ2v) is 11.2. The Labute approximate surface area is 225 Å². The Balaban J connectivity index is 1.08. The number of methoxy groups -OCH3 is 1. The number of allylic oxidation sites excluding steroid dienone is 1. The number of amides is 1. The number of carbonyl (C=O) groups excluding carboxylic acids is 1. The van der Waals surface area contributed by atoms with Gasteiger partial charge in [0.05, 0.1) is 12.7 Å². The van der Waals surface area contributed by atoms with Crippen LogP contribution in [-0.4, -0.2) is 85.5 Å². The maximum Gasteiger partial charge on any atom is 0.272 e. The van der Waals surface area contributed by atoms with Crippen LogP contribution >= 0.6 is 0 Å². The van der Waals surface area contributed by atoms with Crippen molar-refractivity contribution >= 4 is 17.8 Å². The number of hydrogen-bond acceptors (Lipinski definition) is 7. The Morgan fingerprint density at radius 3 is 2.68 bits per heavy atom. The molecule has 3 fully saturated rings. The van der Waals surface area contributed by atoms with E-state index in [1.165, 1.54) is 11.1 Å². The van der Waals surface area contributed by atoms with Crippen LogP contribution < -0.4 is 10.2 Å². The van der Waals surface area contributed by atoms with Crippen molar-refractivity contribution < 1.29 is 14.3 Å². The molecular formula is C30H39N5O3. The molecule has 3 aliphatic heterocycles. The number of benzene rings is 1. The van der Waals surface area contributed by atoms with Crippen LogP contribution in [0.25, 0.3) is 6.08 Å². The van der Waals surface area contributed by atoms with Gasteiger partial charge in [0.15, 0.2) is 0 Å². The van der Waals surface area contributed by atoms with Gasteiger partial charge in [0.25, 0.3) is 5.91 Å². The Kier molecular flexibility index (Phi) is 7.20. The van der Waals surface area contributed by atoms with Crippen molar-refractivity contribution in [2.24, 2.45) is 0 Å². The lowest BCUT2D eigenvalue weighted by Gasteiger charge is -2.40. The number of piperidine rings is 2. The van der Waals surface area contributed by atoms with Crippen LogP contribution in [0.2, 0.25) is 0 Å². The van der Waals surface area contributed by atoms with Crippen molar-refractivity contribution in [1.29, 1.82) is 0 Å². The van der Waals surface area contributed by atoms with Crippen molar-refractivity contribution in [3.63, 3.8) is 0 Å². The topological polar surface area (TPSA) is 79.8 Å². The highest BCUT2D eigenvalue weighted by atomic mass is 16.5. The Morgan fingerprint density at radius 1 is 1.11 bits per heavy atom. The van der Waals surface area contributed by atoms with Crippen molar-refractivity contribution in [1.82, 2.24) is 20.2 Å². The van der Waals surface area contributed by atoms with Crippen LogP contribution in [0.1, 0.15) is 59.3 Å². The lowest BCUT2D eigenvalue weighted by atomic mass is 9.74. The molecule has 4 aliphatic rings. The summed E-state index contributed by atoms with van der Waals surface area (Å²) in [7, 11) is 1.75. The summed E-state index contributed by atoms with van der Waals surface area (Å²) in [6.45, 7) is 6.70. The van der Waals surface area contributed by atoms with Crippen LogP contribution in [0.4, 0.5) is 5.82 Å². The minimum atomic E-state index is 0.0200. The fourth-order valence-corrected chi connectivity index (χ4v) is 6.80. The summed E-state index contributed by atoms with van der Waals surface area (Å²) in [6.07, 6.45) is 11.2. The van der Waals surface area contributed by atoms with Gasteiger partial charge in [0.2, 0.25) is 0 Å². The lowest BCUT2D eigenvalue weighted by molar-refractivity contribution is -0.0533. The van der Waals surface area contributed by atoms with E-state index < -0.39 is 0 Å². The van der Waals surface area contributed by atoms with E-state index in [0.717, 1.165) is 76.3 Å². The van der Waals surface area contributed by atoms with Gasteiger partial charge in [-0.25, -0.2) is 9.97 Å². The first kappa shape index (κ1) is 25.5. The van der Waals surface area contributed by atoms with Crippen molar-refractivity contribution in [2.75, 3.05) is 51.4 Å². The minimum Gasteiger partial charge on any atom is -0.379 e. The van der Waals surface area contributed by atoms with Gasteiger partial charge in [-0.3, -0.25) is 4.79 Å². The monoisotopic (exact) mass is 517 g/mol. The Morgan fingerprint density at radius 2 is 1.89 bits per heavy atom. The molecule has 38 heavy (non-hydrogen) atoms. The molecule has 202 valence electrons. The van der Waals surface area contributed by atoms with Gasteiger partial charge in [-0.05, 0) is 50.2 Å². The van der Waals surface area contributed by atoms with Crippen LogP contribution in [0.5, 0.6) is 0 Å². The van der Waals surface area contributed by atoms with Crippen molar-refractivity contribution in [3.05, 3.63) is 59.1 Å². The number of nitrogens with zero attached hydrogens (tertiary/aromatic N) is 4. The van der Waals surface area contributed by atoms with Gasteiger partial charge >= 0.3 is 0 Å². The number of likely N-dealkylation sites (tertiary alicyclic amines) is 1. The van der Waals surface area contributed by atoms with E-state index in [1.54, 1.807) is 13.4 Å². The first-order valence-corrected chi connectivity index (χ1v) is 14.1. The quantitative estimate of drug-likeness (QED) is 0.652. The molecule has 0 radical (unpaired) electrons. The zero-order valence-electron chi connectivity index (χ0n) is 22.6. The van der Waals surface area contributed by atoms with Gasteiger partial charge in [-0.15, -0.1) is 0 Å². The maximum atomic E-state index is 13.5. The van der Waals surface area contributed by atoms with Gasteiger partial charge in [-0.2, -0.15) is 0 Å². The molecule has 8 heteroatoms. The number of fused-ring (bicyclic) bond motifs is 2. The second-order valence-electron chi connectivity index (χ2n) is 11.2. The molecule has 1 aromatic carbocycles. The third kappa shape index (κ3) is 4.74. The second kappa shape index (κ2) is 10.8. The van der Waals surface area contributed by atoms with Gasteiger partial charge in [-0.1, -0.05) is 36.4 Å². The molecule has 0 bridgehead atoms. The molecule has 8 nitrogen and oxygen atoms in total. The van der Waals surface area contributed by atoms with Gasteiger partial charge in [0.1, 0.15) is 17.8 Å². The normalized spacial score (nSPS) is 25.1. The molecule has 0 saturated carbocycles. The Hall–Kier alpha value is -2.81. The molecule has 1 aliphatic carbocycles. The summed E-state index contributed by atoms with van der Waals surface area (Å²) in [5.41, 5.74) is 4.34. The third-order valence-corrected chi connectivity index (χ3v) is 9.13. The number of rotatable bonds is 5. The molecule has 1 amide bonds. The average Bonchev–Trinajstić information content (AvgIpc) is 3.32. The minimum absolute atomic E-state index is 0.0200. The summed E-state index contributed by atoms with van der Waals surface area (Å²) in [5, 5.41) is 3.77. The van der Waals surface area contributed by atoms with E-state index in [-0.39, 0.29) is 17.4 Å². The number of carbonyl (C=O) groups is 1. The van der Waals surface area contributed by atoms with Gasteiger partial charge in [0, 0.05) is 63.0 Å².